The number of amides is 1. The van der Waals surface area contributed by atoms with Crippen LogP contribution in [0.4, 0.5) is 0 Å². The van der Waals surface area contributed by atoms with Gasteiger partial charge in [0.1, 0.15) is 5.78 Å². The van der Waals surface area contributed by atoms with Crippen LogP contribution in [0.5, 0.6) is 0 Å². The Hall–Kier alpha value is -0.900. The van der Waals surface area contributed by atoms with Gasteiger partial charge in [0.05, 0.1) is 6.54 Å². The molecule has 16 heavy (non-hydrogen) atoms. The molecule has 0 aromatic heterocycles. The van der Waals surface area contributed by atoms with E-state index in [9.17, 15) is 9.59 Å². The summed E-state index contributed by atoms with van der Waals surface area (Å²) in [6, 6.07) is 0. The van der Waals surface area contributed by atoms with E-state index in [2.05, 4.69) is 5.32 Å². The van der Waals surface area contributed by atoms with E-state index >= 15 is 0 Å². The zero-order chi connectivity index (χ0) is 12.0. The third kappa shape index (κ3) is 4.31. The van der Waals surface area contributed by atoms with E-state index in [-0.39, 0.29) is 11.8 Å². The van der Waals surface area contributed by atoms with Crippen molar-refractivity contribution in [3.63, 3.8) is 0 Å². The number of likely N-dealkylation sites (N-methyl/N-ethyl adjacent to an activating group) is 2. The van der Waals surface area contributed by atoms with Crippen molar-refractivity contribution in [2.75, 3.05) is 26.7 Å². The number of carbonyl (C=O) groups excluding carboxylic acids is 2. The fraction of sp³-hybridized carbons (Fsp3) is 0.833. The molecule has 4 heteroatoms. The zero-order valence-electron chi connectivity index (χ0n) is 10.3. The number of carbonyl (C=O) groups is 2. The molecule has 0 radical (unpaired) electrons. The number of Topliss-reactive ketones (excluding diaryl/α,β-unsaturated/α-hetero) is 1. The summed E-state index contributed by atoms with van der Waals surface area (Å²) in [5.41, 5.74) is 0. The molecule has 1 aliphatic rings. The van der Waals surface area contributed by atoms with Crippen molar-refractivity contribution in [1.29, 1.82) is 0 Å². The Balaban J connectivity index is 2.16. The van der Waals surface area contributed by atoms with Crippen molar-refractivity contribution in [3.05, 3.63) is 0 Å². The van der Waals surface area contributed by atoms with Gasteiger partial charge in [-0.2, -0.15) is 0 Å². The molecule has 1 fully saturated rings. The van der Waals surface area contributed by atoms with Gasteiger partial charge in [0.2, 0.25) is 5.91 Å². The van der Waals surface area contributed by atoms with Gasteiger partial charge < -0.3 is 5.32 Å². The van der Waals surface area contributed by atoms with E-state index in [1.165, 1.54) is 0 Å². The Kier molecular flexibility index (Phi) is 5.46. The number of nitrogens with zero attached hydrogens (tertiary/aromatic N) is 1. The lowest BCUT2D eigenvalue weighted by Crippen LogP contribution is -2.36. The maximum absolute atomic E-state index is 11.4. The minimum atomic E-state index is 0.0581. The Morgan fingerprint density at radius 1 is 1.56 bits per heavy atom. The van der Waals surface area contributed by atoms with E-state index in [0.717, 1.165) is 32.2 Å². The third-order valence-corrected chi connectivity index (χ3v) is 3.08. The van der Waals surface area contributed by atoms with Crippen LogP contribution in [0.15, 0.2) is 0 Å². The maximum Gasteiger partial charge on any atom is 0.234 e. The molecule has 1 rings (SSSR count). The maximum atomic E-state index is 11.4. The lowest BCUT2D eigenvalue weighted by Gasteiger charge is -2.17. The van der Waals surface area contributed by atoms with Crippen molar-refractivity contribution >= 4 is 11.7 Å². The molecule has 0 aromatic rings. The van der Waals surface area contributed by atoms with Gasteiger partial charge in [-0.15, -0.1) is 0 Å². The first-order valence-electron chi connectivity index (χ1n) is 6.11. The van der Waals surface area contributed by atoms with Gasteiger partial charge >= 0.3 is 0 Å². The fourth-order valence-corrected chi connectivity index (χ4v) is 2.15. The van der Waals surface area contributed by atoms with E-state index < -0.39 is 0 Å². The second-order valence-electron chi connectivity index (χ2n) is 4.54. The van der Waals surface area contributed by atoms with Crippen LogP contribution < -0.4 is 5.32 Å². The molecule has 0 spiro atoms. The zero-order valence-corrected chi connectivity index (χ0v) is 10.3. The van der Waals surface area contributed by atoms with Crippen LogP contribution in [0.3, 0.4) is 0 Å². The number of nitrogens with one attached hydrogen (secondary N) is 1. The highest BCUT2D eigenvalue weighted by Crippen LogP contribution is 2.24. The molecule has 1 N–H and O–H groups in total. The molecule has 1 atom stereocenters. The van der Waals surface area contributed by atoms with Crippen LogP contribution in [0.1, 0.15) is 32.6 Å². The van der Waals surface area contributed by atoms with Crippen LogP contribution in [-0.2, 0) is 9.59 Å². The number of hydrogen-bond donors (Lipinski definition) is 1. The summed E-state index contributed by atoms with van der Waals surface area (Å²) in [5.74, 6) is 0.714. The molecule has 1 saturated carbocycles. The summed E-state index contributed by atoms with van der Waals surface area (Å²) in [6.45, 7) is 3.84. The summed E-state index contributed by atoms with van der Waals surface area (Å²) in [5, 5.41) is 2.77. The van der Waals surface area contributed by atoms with Crippen LogP contribution in [0.2, 0.25) is 0 Å². The van der Waals surface area contributed by atoms with E-state index in [1.54, 1.807) is 0 Å². The van der Waals surface area contributed by atoms with Crippen molar-refractivity contribution in [2.24, 2.45) is 5.92 Å². The minimum Gasteiger partial charge on any atom is -0.355 e. The van der Waals surface area contributed by atoms with Crippen LogP contribution in [-0.4, -0.2) is 43.3 Å². The average Bonchev–Trinajstić information content (AvgIpc) is 2.61. The predicted octanol–water partition coefficient (Wildman–Crippen LogP) is 0.814. The lowest BCUT2D eigenvalue weighted by molar-refractivity contribution is -0.121. The molecule has 0 bridgehead atoms. The van der Waals surface area contributed by atoms with Gasteiger partial charge in [0.15, 0.2) is 0 Å². The second-order valence-corrected chi connectivity index (χ2v) is 4.54. The molecular weight excluding hydrogens is 204 g/mol. The molecule has 0 aromatic carbocycles. The standard InChI is InChI=1S/C12H22N2O2/c1-3-13-12(16)9-14(2)8-7-10-5-4-6-11(10)15/h10H,3-9H2,1-2H3,(H,13,16). The Morgan fingerprint density at radius 3 is 2.88 bits per heavy atom. The SMILES string of the molecule is CCNC(=O)CN(C)CCC1CCCC1=O. The Labute approximate surface area is 97.4 Å². The molecule has 1 aliphatic carbocycles. The van der Waals surface area contributed by atoms with Gasteiger partial charge in [-0.3, -0.25) is 14.5 Å². The van der Waals surface area contributed by atoms with Gasteiger partial charge in [0.25, 0.3) is 0 Å². The molecule has 0 aliphatic heterocycles. The molecule has 4 nitrogen and oxygen atoms in total. The van der Waals surface area contributed by atoms with Crippen molar-refractivity contribution in [2.45, 2.75) is 32.6 Å². The average molecular weight is 226 g/mol. The number of hydrogen-bond acceptors (Lipinski definition) is 3. The van der Waals surface area contributed by atoms with Crippen LogP contribution in [0, 0.1) is 5.92 Å². The summed E-state index contributed by atoms with van der Waals surface area (Å²) < 4.78 is 0. The first-order valence-corrected chi connectivity index (χ1v) is 6.11. The van der Waals surface area contributed by atoms with Gasteiger partial charge in [-0.1, -0.05) is 0 Å². The molecule has 0 saturated heterocycles. The van der Waals surface area contributed by atoms with Crippen molar-refractivity contribution in [3.8, 4) is 0 Å². The summed E-state index contributed by atoms with van der Waals surface area (Å²) in [4.78, 5) is 24.7. The normalized spacial score (nSPS) is 20.4. The van der Waals surface area contributed by atoms with E-state index in [4.69, 9.17) is 0 Å². The minimum absolute atomic E-state index is 0.0581. The lowest BCUT2D eigenvalue weighted by atomic mass is 10.0. The first kappa shape index (κ1) is 13.2. The van der Waals surface area contributed by atoms with Crippen molar-refractivity contribution < 1.29 is 9.59 Å². The van der Waals surface area contributed by atoms with Gasteiger partial charge in [0, 0.05) is 18.9 Å². The Morgan fingerprint density at radius 2 is 2.31 bits per heavy atom. The third-order valence-electron chi connectivity index (χ3n) is 3.08. The highest BCUT2D eigenvalue weighted by atomic mass is 16.2. The second kappa shape index (κ2) is 6.63. The highest BCUT2D eigenvalue weighted by Gasteiger charge is 2.24. The highest BCUT2D eigenvalue weighted by molar-refractivity contribution is 5.82. The molecule has 92 valence electrons. The topological polar surface area (TPSA) is 49.4 Å². The smallest absolute Gasteiger partial charge is 0.234 e. The van der Waals surface area contributed by atoms with Crippen LogP contribution >= 0.6 is 0 Å². The van der Waals surface area contributed by atoms with E-state index in [1.807, 2.05) is 18.9 Å². The molecule has 1 unspecified atom stereocenters. The molecule has 0 heterocycles. The number of rotatable bonds is 6. The Bertz CT molecular complexity index is 253. The van der Waals surface area contributed by atoms with Crippen molar-refractivity contribution in [1.82, 2.24) is 10.2 Å². The number of ketones is 1. The monoisotopic (exact) mass is 226 g/mol. The molecular formula is C12H22N2O2. The summed E-state index contributed by atoms with van der Waals surface area (Å²) >= 11 is 0. The molecule has 1 amide bonds. The van der Waals surface area contributed by atoms with Gasteiger partial charge in [-0.25, -0.2) is 0 Å². The fourth-order valence-electron chi connectivity index (χ4n) is 2.15. The van der Waals surface area contributed by atoms with E-state index in [0.29, 0.717) is 18.9 Å². The quantitative estimate of drug-likeness (QED) is 0.729. The first-order chi connectivity index (χ1) is 7.63. The summed E-state index contributed by atoms with van der Waals surface area (Å²) in [6.07, 6.45) is 3.73. The largest absolute Gasteiger partial charge is 0.355 e. The summed E-state index contributed by atoms with van der Waals surface area (Å²) in [7, 11) is 1.93. The predicted molar refractivity (Wildman–Crippen MR) is 63.1 cm³/mol. The van der Waals surface area contributed by atoms with Gasteiger partial charge in [-0.05, 0) is 39.8 Å². The van der Waals surface area contributed by atoms with Crippen LogP contribution in [0.25, 0.3) is 0 Å².